The first-order valence-corrected chi connectivity index (χ1v) is 6.54. The molecule has 1 amide bonds. The number of hydrogen-bond donors (Lipinski definition) is 0. The normalized spacial score (nSPS) is 27.2. The molecule has 0 radical (unpaired) electrons. The molecule has 0 saturated carbocycles. The Hall–Kier alpha value is -1.50. The molecule has 4 nitrogen and oxygen atoms in total. The summed E-state index contributed by atoms with van der Waals surface area (Å²) in [5, 5.41) is 9.17. The fraction of sp³-hybridized carbons (Fsp3) is 0.714. The number of carbonyl (C=O) groups excluding carboxylic acids is 1. The molecule has 2 rings (SSSR count). The van der Waals surface area contributed by atoms with Gasteiger partial charge in [0.25, 0.3) is 0 Å². The maximum absolute atomic E-state index is 12.3. The number of nitriles is 1. The van der Waals surface area contributed by atoms with Gasteiger partial charge in [-0.05, 0) is 46.5 Å². The quantitative estimate of drug-likeness (QED) is 0.662. The molecule has 0 aliphatic carbocycles. The highest BCUT2D eigenvalue weighted by atomic mass is 16.6. The number of fused-ring (bicyclic) bond motifs is 2. The predicted octanol–water partition coefficient (Wildman–Crippen LogP) is 3.00. The van der Waals surface area contributed by atoms with Gasteiger partial charge in [-0.3, -0.25) is 4.90 Å². The Bertz CT molecular complexity index is 414. The van der Waals surface area contributed by atoms with Crippen molar-refractivity contribution in [2.24, 2.45) is 0 Å². The molecule has 0 aromatic carbocycles. The third-order valence-corrected chi connectivity index (χ3v) is 3.46. The van der Waals surface area contributed by atoms with Crippen molar-refractivity contribution in [2.75, 3.05) is 0 Å². The molecular weight excluding hydrogens is 228 g/mol. The van der Waals surface area contributed by atoms with Crippen LogP contribution in [0.3, 0.4) is 0 Å². The van der Waals surface area contributed by atoms with Crippen molar-refractivity contribution in [1.82, 2.24) is 4.90 Å². The zero-order chi connectivity index (χ0) is 13.3. The van der Waals surface area contributed by atoms with Gasteiger partial charge in [0, 0.05) is 11.6 Å². The number of allylic oxidation sites excluding steroid dienone is 1. The van der Waals surface area contributed by atoms with Crippen molar-refractivity contribution < 1.29 is 9.53 Å². The lowest BCUT2D eigenvalue weighted by Crippen LogP contribution is -2.44. The molecule has 4 heteroatoms. The number of amides is 1. The van der Waals surface area contributed by atoms with Gasteiger partial charge in [0.15, 0.2) is 0 Å². The van der Waals surface area contributed by atoms with E-state index >= 15 is 0 Å². The summed E-state index contributed by atoms with van der Waals surface area (Å²) in [6.45, 7) is 5.60. The van der Waals surface area contributed by atoms with Crippen LogP contribution in [0.15, 0.2) is 11.6 Å². The van der Waals surface area contributed by atoms with Gasteiger partial charge in [-0.1, -0.05) is 6.08 Å². The number of ether oxygens (including phenoxy) is 1. The summed E-state index contributed by atoms with van der Waals surface area (Å²) in [6, 6.07) is 2.39. The van der Waals surface area contributed by atoms with Crippen molar-refractivity contribution in [3.05, 3.63) is 11.6 Å². The van der Waals surface area contributed by atoms with Gasteiger partial charge in [-0.25, -0.2) is 4.79 Å². The van der Waals surface area contributed by atoms with Crippen molar-refractivity contribution in [3.63, 3.8) is 0 Å². The van der Waals surface area contributed by atoms with E-state index in [-0.39, 0.29) is 18.2 Å². The van der Waals surface area contributed by atoms with Crippen LogP contribution >= 0.6 is 0 Å². The van der Waals surface area contributed by atoms with Crippen LogP contribution in [0.2, 0.25) is 0 Å². The molecule has 0 aromatic heterocycles. The van der Waals surface area contributed by atoms with Crippen molar-refractivity contribution in [3.8, 4) is 6.07 Å². The number of carbonyl (C=O) groups is 1. The number of nitrogens with zero attached hydrogens (tertiary/aromatic N) is 2. The van der Waals surface area contributed by atoms with Crippen LogP contribution in [0.1, 0.15) is 46.5 Å². The van der Waals surface area contributed by atoms with Gasteiger partial charge in [-0.2, -0.15) is 5.26 Å². The number of hydrogen-bond acceptors (Lipinski definition) is 3. The van der Waals surface area contributed by atoms with E-state index in [1.807, 2.05) is 26.8 Å². The Morgan fingerprint density at radius 2 is 2.17 bits per heavy atom. The van der Waals surface area contributed by atoms with Crippen LogP contribution in [-0.2, 0) is 4.74 Å². The zero-order valence-corrected chi connectivity index (χ0v) is 11.3. The summed E-state index contributed by atoms with van der Waals surface area (Å²) < 4.78 is 5.46. The van der Waals surface area contributed by atoms with Crippen LogP contribution in [0.4, 0.5) is 4.79 Å². The Balaban J connectivity index is 2.20. The third kappa shape index (κ3) is 2.50. The molecule has 98 valence electrons. The SMILES string of the molecule is CC(C)(C)OC(=O)N1C2CC[C@@H]1CCC=C2C#N. The molecule has 1 saturated heterocycles. The standard InChI is InChI=1S/C14H20N2O2/c1-14(2,3)18-13(17)16-11-6-4-5-10(9-15)12(16)8-7-11/h5,11-12H,4,6-8H2,1-3H3/t11-,12?/m0/s1. The second-order valence-electron chi connectivity index (χ2n) is 5.98. The van der Waals surface area contributed by atoms with Gasteiger partial charge < -0.3 is 4.74 Å². The summed E-state index contributed by atoms with van der Waals surface area (Å²) in [6.07, 6.45) is 5.36. The minimum Gasteiger partial charge on any atom is -0.444 e. The monoisotopic (exact) mass is 248 g/mol. The fourth-order valence-electron chi connectivity index (χ4n) is 2.75. The first-order chi connectivity index (χ1) is 8.42. The summed E-state index contributed by atoms with van der Waals surface area (Å²) in [4.78, 5) is 14.0. The third-order valence-electron chi connectivity index (χ3n) is 3.46. The lowest BCUT2D eigenvalue weighted by molar-refractivity contribution is 0.0175. The summed E-state index contributed by atoms with van der Waals surface area (Å²) in [5.41, 5.74) is 0.236. The molecule has 1 unspecified atom stereocenters. The molecule has 2 atom stereocenters. The lowest BCUT2D eigenvalue weighted by Gasteiger charge is -2.31. The lowest BCUT2D eigenvalue weighted by atomic mass is 10.0. The molecule has 0 aromatic rings. The van der Waals surface area contributed by atoms with Crippen LogP contribution in [0, 0.1) is 11.3 Å². The van der Waals surface area contributed by atoms with E-state index in [4.69, 9.17) is 4.74 Å². The van der Waals surface area contributed by atoms with E-state index in [2.05, 4.69) is 6.07 Å². The van der Waals surface area contributed by atoms with Crippen LogP contribution in [-0.4, -0.2) is 28.7 Å². The molecule has 2 bridgehead atoms. The van der Waals surface area contributed by atoms with Crippen molar-refractivity contribution in [1.29, 1.82) is 5.26 Å². The maximum atomic E-state index is 12.3. The van der Waals surface area contributed by atoms with E-state index in [9.17, 15) is 10.1 Å². The minimum absolute atomic E-state index is 0.0719. The van der Waals surface area contributed by atoms with Gasteiger partial charge in [0.05, 0.1) is 12.1 Å². The summed E-state index contributed by atoms with van der Waals surface area (Å²) in [7, 11) is 0. The van der Waals surface area contributed by atoms with E-state index in [1.54, 1.807) is 4.90 Å². The molecule has 2 heterocycles. The Labute approximate surface area is 108 Å². The average Bonchev–Trinajstić information content (AvgIpc) is 2.53. The topological polar surface area (TPSA) is 53.3 Å². The molecule has 2 aliphatic heterocycles. The van der Waals surface area contributed by atoms with Crippen LogP contribution < -0.4 is 0 Å². The molecule has 0 spiro atoms. The van der Waals surface area contributed by atoms with E-state index in [1.165, 1.54) is 0 Å². The highest BCUT2D eigenvalue weighted by Gasteiger charge is 2.41. The highest BCUT2D eigenvalue weighted by Crippen LogP contribution is 2.35. The average molecular weight is 248 g/mol. The second kappa shape index (κ2) is 4.64. The Kier molecular flexibility index (Phi) is 3.34. The highest BCUT2D eigenvalue weighted by molar-refractivity contribution is 5.70. The molecule has 18 heavy (non-hydrogen) atoms. The first kappa shape index (κ1) is 12.9. The smallest absolute Gasteiger partial charge is 0.411 e. The van der Waals surface area contributed by atoms with E-state index in [0.717, 1.165) is 31.3 Å². The first-order valence-electron chi connectivity index (χ1n) is 6.54. The Morgan fingerprint density at radius 3 is 2.78 bits per heavy atom. The van der Waals surface area contributed by atoms with Crippen LogP contribution in [0.5, 0.6) is 0 Å². The molecule has 0 N–H and O–H groups in total. The number of rotatable bonds is 0. The zero-order valence-electron chi connectivity index (χ0n) is 11.3. The molecule has 1 fully saturated rings. The minimum atomic E-state index is -0.487. The Morgan fingerprint density at radius 1 is 1.44 bits per heavy atom. The van der Waals surface area contributed by atoms with E-state index < -0.39 is 5.60 Å². The molecule has 2 aliphatic rings. The van der Waals surface area contributed by atoms with Crippen molar-refractivity contribution >= 4 is 6.09 Å². The summed E-state index contributed by atoms with van der Waals surface area (Å²) >= 11 is 0. The van der Waals surface area contributed by atoms with E-state index in [0.29, 0.717) is 0 Å². The van der Waals surface area contributed by atoms with Gasteiger partial charge in [0.1, 0.15) is 5.60 Å². The second-order valence-corrected chi connectivity index (χ2v) is 5.98. The molecular formula is C14H20N2O2. The van der Waals surface area contributed by atoms with Gasteiger partial charge in [-0.15, -0.1) is 0 Å². The van der Waals surface area contributed by atoms with Crippen molar-refractivity contribution in [2.45, 2.75) is 64.1 Å². The van der Waals surface area contributed by atoms with Gasteiger partial charge in [0.2, 0.25) is 0 Å². The largest absolute Gasteiger partial charge is 0.444 e. The summed E-state index contributed by atoms with van der Waals surface area (Å²) in [5.74, 6) is 0. The fourth-order valence-corrected chi connectivity index (χ4v) is 2.75. The predicted molar refractivity (Wildman–Crippen MR) is 67.8 cm³/mol. The maximum Gasteiger partial charge on any atom is 0.411 e. The van der Waals surface area contributed by atoms with Gasteiger partial charge >= 0.3 is 6.09 Å². The van der Waals surface area contributed by atoms with Crippen LogP contribution in [0.25, 0.3) is 0 Å².